The van der Waals surface area contributed by atoms with E-state index in [0.29, 0.717) is 6.61 Å². The minimum atomic E-state index is 0.0881. The molecule has 1 rings (SSSR count). The Morgan fingerprint density at radius 2 is 1.62 bits per heavy atom. The predicted molar refractivity (Wildman–Crippen MR) is 66.4 cm³/mol. The number of rotatable bonds is 7. The van der Waals surface area contributed by atoms with Crippen LogP contribution in [-0.2, 0) is 16.1 Å². The van der Waals surface area contributed by atoms with Crippen molar-refractivity contribution in [3.8, 4) is 0 Å². The summed E-state index contributed by atoms with van der Waals surface area (Å²) in [5.74, 6) is 0. The molecule has 90 valence electrons. The van der Waals surface area contributed by atoms with Gasteiger partial charge >= 0.3 is 0 Å². The maximum Gasteiger partial charge on any atom is 0.0717 e. The smallest absolute Gasteiger partial charge is 0.0717 e. The van der Waals surface area contributed by atoms with Crippen molar-refractivity contribution in [2.45, 2.75) is 27.4 Å². The number of hydrogen-bond donors (Lipinski definition) is 0. The van der Waals surface area contributed by atoms with Gasteiger partial charge in [0.05, 0.1) is 19.8 Å². The van der Waals surface area contributed by atoms with E-state index in [1.165, 1.54) is 5.56 Å². The lowest BCUT2D eigenvalue weighted by molar-refractivity contribution is -0.00579. The Kier molecular flexibility index (Phi) is 5.50. The van der Waals surface area contributed by atoms with Gasteiger partial charge in [-0.3, -0.25) is 0 Å². The van der Waals surface area contributed by atoms with E-state index in [2.05, 4.69) is 26.0 Å². The summed E-state index contributed by atoms with van der Waals surface area (Å²) in [5.41, 5.74) is 1.31. The molecule has 0 fully saturated rings. The molecular formula is C14H22O2. The number of ether oxygens (including phenoxy) is 2. The summed E-state index contributed by atoms with van der Waals surface area (Å²) in [6.07, 6.45) is 0. The molecule has 0 aromatic heterocycles. The molecule has 0 unspecified atom stereocenters. The largest absolute Gasteiger partial charge is 0.381 e. The van der Waals surface area contributed by atoms with E-state index in [4.69, 9.17) is 9.47 Å². The van der Waals surface area contributed by atoms with Crippen LogP contribution in [0.2, 0.25) is 0 Å². The maximum absolute atomic E-state index is 5.70. The first kappa shape index (κ1) is 13.2. The topological polar surface area (TPSA) is 18.5 Å². The van der Waals surface area contributed by atoms with Crippen molar-refractivity contribution in [2.75, 3.05) is 19.8 Å². The number of benzene rings is 1. The van der Waals surface area contributed by atoms with E-state index < -0.39 is 0 Å². The fourth-order valence-electron chi connectivity index (χ4n) is 1.44. The first-order valence-corrected chi connectivity index (χ1v) is 5.83. The van der Waals surface area contributed by atoms with Crippen molar-refractivity contribution in [3.63, 3.8) is 0 Å². The lowest BCUT2D eigenvalue weighted by Gasteiger charge is -2.23. The van der Waals surface area contributed by atoms with E-state index in [9.17, 15) is 0 Å². The van der Waals surface area contributed by atoms with Crippen LogP contribution >= 0.6 is 0 Å². The number of hydrogen-bond acceptors (Lipinski definition) is 2. The summed E-state index contributed by atoms with van der Waals surface area (Å²) in [6.45, 7) is 9.25. The molecule has 0 amide bonds. The van der Waals surface area contributed by atoms with Crippen LogP contribution in [0.4, 0.5) is 0 Å². The average molecular weight is 222 g/mol. The third-order valence-corrected chi connectivity index (χ3v) is 2.30. The highest BCUT2D eigenvalue weighted by Gasteiger charge is 2.18. The highest BCUT2D eigenvalue weighted by Crippen LogP contribution is 2.16. The third-order valence-electron chi connectivity index (χ3n) is 2.30. The molecule has 1 aromatic rings. The molecular weight excluding hydrogens is 200 g/mol. The van der Waals surface area contributed by atoms with Gasteiger partial charge in [-0.25, -0.2) is 0 Å². The molecule has 2 heteroatoms. The molecule has 0 atom stereocenters. The summed E-state index contributed by atoms with van der Waals surface area (Å²) in [6, 6.07) is 10.2. The minimum Gasteiger partial charge on any atom is -0.381 e. The van der Waals surface area contributed by atoms with E-state index >= 15 is 0 Å². The minimum absolute atomic E-state index is 0.0881. The van der Waals surface area contributed by atoms with Crippen LogP contribution in [0.25, 0.3) is 0 Å². The molecule has 0 saturated heterocycles. The van der Waals surface area contributed by atoms with Crippen molar-refractivity contribution in [1.29, 1.82) is 0 Å². The molecule has 16 heavy (non-hydrogen) atoms. The summed E-state index contributed by atoms with van der Waals surface area (Å²) in [7, 11) is 0. The van der Waals surface area contributed by atoms with Gasteiger partial charge < -0.3 is 9.47 Å². The molecule has 0 spiro atoms. The summed E-state index contributed by atoms with van der Waals surface area (Å²) in [4.78, 5) is 0. The maximum atomic E-state index is 5.70. The second-order valence-electron chi connectivity index (χ2n) is 4.78. The Morgan fingerprint density at radius 3 is 2.25 bits per heavy atom. The summed E-state index contributed by atoms with van der Waals surface area (Å²) in [5, 5.41) is 0. The molecule has 2 nitrogen and oxygen atoms in total. The Balaban J connectivity index is 2.24. The van der Waals surface area contributed by atoms with E-state index in [1.54, 1.807) is 0 Å². The van der Waals surface area contributed by atoms with E-state index in [1.807, 2.05) is 25.1 Å². The normalized spacial score (nSPS) is 11.7. The highest BCUT2D eigenvalue weighted by molar-refractivity contribution is 5.13. The van der Waals surface area contributed by atoms with Crippen molar-refractivity contribution >= 4 is 0 Å². The zero-order valence-corrected chi connectivity index (χ0v) is 10.5. The lowest BCUT2D eigenvalue weighted by Crippen LogP contribution is -2.25. The van der Waals surface area contributed by atoms with Gasteiger partial charge in [0.1, 0.15) is 0 Å². The lowest BCUT2D eigenvalue weighted by atomic mass is 9.96. The quantitative estimate of drug-likeness (QED) is 0.705. The van der Waals surface area contributed by atoms with Crippen LogP contribution in [0.1, 0.15) is 26.3 Å². The zero-order chi connectivity index (χ0) is 11.9. The molecule has 0 N–H and O–H groups in total. The first-order valence-electron chi connectivity index (χ1n) is 5.83. The van der Waals surface area contributed by atoms with Gasteiger partial charge in [-0.05, 0) is 12.5 Å². The Labute approximate surface area is 98.6 Å². The first-order chi connectivity index (χ1) is 7.64. The Hall–Kier alpha value is -0.860. The van der Waals surface area contributed by atoms with Gasteiger partial charge in [0.15, 0.2) is 0 Å². The van der Waals surface area contributed by atoms with Crippen LogP contribution < -0.4 is 0 Å². The Morgan fingerprint density at radius 1 is 1.00 bits per heavy atom. The van der Waals surface area contributed by atoms with Gasteiger partial charge in [-0.1, -0.05) is 44.2 Å². The fourth-order valence-corrected chi connectivity index (χ4v) is 1.44. The predicted octanol–water partition coefficient (Wildman–Crippen LogP) is 3.27. The van der Waals surface area contributed by atoms with Gasteiger partial charge in [0.25, 0.3) is 0 Å². The monoisotopic (exact) mass is 222 g/mol. The van der Waals surface area contributed by atoms with Gasteiger partial charge in [0.2, 0.25) is 0 Å². The van der Waals surface area contributed by atoms with E-state index in [0.717, 1.165) is 19.8 Å². The summed E-state index contributed by atoms with van der Waals surface area (Å²) >= 11 is 0. The SMILES string of the molecule is CCOCC(C)(C)COCc1ccccc1. The fraction of sp³-hybridized carbons (Fsp3) is 0.571. The third kappa shape index (κ3) is 5.29. The summed E-state index contributed by atoms with van der Waals surface area (Å²) < 4.78 is 11.1. The average Bonchev–Trinajstić information content (AvgIpc) is 2.28. The standard InChI is InChI=1S/C14H22O2/c1-4-15-11-14(2,3)12-16-10-13-8-6-5-7-9-13/h5-9H,4,10-12H2,1-3H3. The van der Waals surface area contributed by atoms with Crippen molar-refractivity contribution < 1.29 is 9.47 Å². The van der Waals surface area contributed by atoms with Crippen LogP contribution in [0.15, 0.2) is 30.3 Å². The molecule has 0 saturated carbocycles. The van der Waals surface area contributed by atoms with Crippen LogP contribution in [0.5, 0.6) is 0 Å². The van der Waals surface area contributed by atoms with E-state index in [-0.39, 0.29) is 5.41 Å². The molecule has 0 bridgehead atoms. The molecule has 0 aliphatic rings. The second-order valence-corrected chi connectivity index (χ2v) is 4.78. The van der Waals surface area contributed by atoms with Crippen molar-refractivity contribution in [1.82, 2.24) is 0 Å². The zero-order valence-electron chi connectivity index (χ0n) is 10.5. The van der Waals surface area contributed by atoms with Crippen LogP contribution in [-0.4, -0.2) is 19.8 Å². The molecule has 1 aromatic carbocycles. The molecule has 0 aliphatic carbocycles. The van der Waals surface area contributed by atoms with Gasteiger partial charge in [-0.2, -0.15) is 0 Å². The van der Waals surface area contributed by atoms with Gasteiger partial charge in [0, 0.05) is 12.0 Å². The molecule has 0 aliphatic heterocycles. The van der Waals surface area contributed by atoms with Crippen LogP contribution in [0.3, 0.4) is 0 Å². The van der Waals surface area contributed by atoms with Crippen molar-refractivity contribution in [2.24, 2.45) is 5.41 Å². The van der Waals surface area contributed by atoms with Crippen LogP contribution in [0, 0.1) is 5.41 Å². The highest BCUT2D eigenvalue weighted by atomic mass is 16.5. The molecule has 0 radical (unpaired) electrons. The Bertz CT molecular complexity index is 280. The van der Waals surface area contributed by atoms with Crippen molar-refractivity contribution in [3.05, 3.63) is 35.9 Å². The van der Waals surface area contributed by atoms with Gasteiger partial charge in [-0.15, -0.1) is 0 Å². The second kappa shape index (κ2) is 6.66. The molecule has 0 heterocycles.